The third kappa shape index (κ3) is 2.04. The van der Waals surface area contributed by atoms with Crippen LogP contribution in [0.2, 0.25) is 0 Å². The van der Waals surface area contributed by atoms with Gasteiger partial charge in [0, 0.05) is 0 Å². The first-order chi connectivity index (χ1) is 11.1. The number of hydrogen-bond donors (Lipinski definition) is 4. The fourth-order valence-electron chi connectivity index (χ4n) is 3.41. The van der Waals surface area contributed by atoms with Crippen molar-refractivity contribution in [2.24, 2.45) is 0 Å². The first-order valence-electron chi connectivity index (χ1n) is 7.47. The Hall–Kier alpha value is -2.40. The minimum atomic E-state index is -1.27. The number of hydrogen-bond acceptors (Lipinski definition) is 4. The van der Waals surface area contributed by atoms with Crippen molar-refractivity contribution in [2.45, 2.75) is 18.3 Å². The zero-order valence-electron chi connectivity index (χ0n) is 12.2. The van der Waals surface area contributed by atoms with Crippen LogP contribution in [-0.4, -0.2) is 26.5 Å². The van der Waals surface area contributed by atoms with Gasteiger partial charge >= 0.3 is 0 Å². The first kappa shape index (κ1) is 14.2. The molecule has 0 fully saturated rings. The lowest BCUT2D eigenvalue weighted by molar-refractivity contribution is -0.0647. The van der Waals surface area contributed by atoms with Gasteiger partial charge < -0.3 is 20.4 Å². The molecule has 0 spiro atoms. The number of aliphatic hydroxyl groups excluding tert-OH is 3. The van der Waals surface area contributed by atoms with Crippen LogP contribution < -0.4 is 0 Å². The Morgan fingerprint density at radius 2 is 1.48 bits per heavy atom. The van der Waals surface area contributed by atoms with Crippen LogP contribution in [0.1, 0.15) is 23.3 Å². The zero-order chi connectivity index (χ0) is 16.1. The standard InChI is InChI=1S/C19H16O4/c20-12-7-4-10(5-8-12)13-9-6-11-2-1-3-14-15(11)16(13)18(22)19(23)17(14)21/h1-9,17-23H/t17-,18-,19+/m0/s1. The van der Waals surface area contributed by atoms with E-state index in [4.69, 9.17) is 0 Å². The number of aromatic hydroxyl groups is 1. The number of phenolic OH excluding ortho intramolecular Hbond substituents is 1. The molecule has 0 heterocycles. The summed E-state index contributed by atoms with van der Waals surface area (Å²) in [6.07, 6.45) is -3.56. The zero-order valence-corrected chi connectivity index (χ0v) is 12.2. The van der Waals surface area contributed by atoms with Crippen molar-refractivity contribution in [3.8, 4) is 16.9 Å². The highest BCUT2D eigenvalue weighted by Crippen LogP contribution is 2.45. The average Bonchev–Trinajstić information content (AvgIpc) is 2.58. The van der Waals surface area contributed by atoms with Crippen molar-refractivity contribution >= 4 is 10.8 Å². The Morgan fingerprint density at radius 1 is 0.739 bits per heavy atom. The van der Waals surface area contributed by atoms with Crippen LogP contribution in [0, 0.1) is 0 Å². The van der Waals surface area contributed by atoms with E-state index in [0.29, 0.717) is 11.1 Å². The lowest BCUT2D eigenvalue weighted by Crippen LogP contribution is -2.30. The number of rotatable bonds is 1. The van der Waals surface area contributed by atoms with E-state index in [1.54, 1.807) is 30.3 Å². The maximum atomic E-state index is 10.5. The molecule has 0 radical (unpaired) electrons. The smallest absolute Gasteiger partial charge is 0.115 e. The molecule has 4 N–H and O–H groups in total. The molecule has 3 aromatic rings. The van der Waals surface area contributed by atoms with Gasteiger partial charge in [-0.2, -0.15) is 0 Å². The van der Waals surface area contributed by atoms with Gasteiger partial charge in [-0.15, -0.1) is 0 Å². The van der Waals surface area contributed by atoms with Crippen LogP contribution in [0.15, 0.2) is 54.6 Å². The van der Waals surface area contributed by atoms with Gasteiger partial charge in [-0.05, 0) is 45.2 Å². The largest absolute Gasteiger partial charge is 0.508 e. The van der Waals surface area contributed by atoms with Crippen LogP contribution in [0.3, 0.4) is 0 Å². The van der Waals surface area contributed by atoms with E-state index in [1.807, 2.05) is 24.3 Å². The molecular formula is C19H16O4. The molecule has 1 aliphatic rings. The lowest BCUT2D eigenvalue weighted by Gasteiger charge is -2.32. The molecule has 0 amide bonds. The predicted octanol–water partition coefficient (Wildman–Crippen LogP) is 2.65. The monoisotopic (exact) mass is 308 g/mol. The van der Waals surface area contributed by atoms with Gasteiger partial charge in [0.15, 0.2) is 0 Å². The van der Waals surface area contributed by atoms with E-state index in [2.05, 4.69) is 0 Å². The van der Waals surface area contributed by atoms with Crippen LogP contribution in [0.4, 0.5) is 0 Å². The molecule has 0 aliphatic heterocycles. The minimum absolute atomic E-state index is 0.167. The van der Waals surface area contributed by atoms with Crippen molar-refractivity contribution in [2.75, 3.05) is 0 Å². The van der Waals surface area contributed by atoms with Crippen LogP contribution in [-0.2, 0) is 0 Å². The molecule has 116 valence electrons. The SMILES string of the molecule is Oc1ccc(-c2ccc3cccc4c3c2[C@H](O)[C@H](O)[C@H]4O)cc1. The molecule has 1 aliphatic carbocycles. The summed E-state index contributed by atoms with van der Waals surface area (Å²) in [5.74, 6) is 0.167. The summed E-state index contributed by atoms with van der Waals surface area (Å²) < 4.78 is 0. The fraction of sp³-hybridized carbons (Fsp3) is 0.158. The second-order valence-corrected chi connectivity index (χ2v) is 5.90. The molecule has 3 aromatic carbocycles. The van der Waals surface area contributed by atoms with Gasteiger partial charge in [0.05, 0.1) is 0 Å². The van der Waals surface area contributed by atoms with Gasteiger partial charge in [-0.3, -0.25) is 0 Å². The van der Waals surface area contributed by atoms with Crippen molar-refractivity contribution in [1.82, 2.24) is 0 Å². The number of aliphatic hydroxyl groups is 3. The molecule has 4 rings (SSSR count). The summed E-state index contributed by atoms with van der Waals surface area (Å²) in [6, 6.07) is 16.0. The highest BCUT2D eigenvalue weighted by atomic mass is 16.4. The lowest BCUT2D eigenvalue weighted by atomic mass is 9.79. The topological polar surface area (TPSA) is 80.9 Å². The molecular weight excluding hydrogens is 292 g/mol. The number of phenols is 1. The van der Waals surface area contributed by atoms with Crippen LogP contribution >= 0.6 is 0 Å². The van der Waals surface area contributed by atoms with Gasteiger partial charge in [0.25, 0.3) is 0 Å². The Bertz CT molecular complexity index is 886. The van der Waals surface area contributed by atoms with Gasteiger partial charge in [-0.25, -0.2) is 0 Å². The van der Waals surface area contributed by atoms with E-state index >= 15 is 0 Å². The summed E-state index contributed by atoms with van der Waals surface area (Å²) >= 11 is 0. The minimum Gasteiger partial charge on any atom is -0.508 e. The summed E-state index contributed by atoms with van der Waals surface area (Å²) in [7, 11) is 0. The summed E-state index contributed by atoms with van der Waals surface area (Å²) in [6.45, 7) is 0. The third-order valence-corrected chi connectivity index (χ3v) is 4.56. The molecule has 0 saturated heterocycles. The van der Waals surface area contributed by atoms with Gasteiger partial charge in [0.1, 0.15) is 24.1 Å². The molecule has 3 atom stereocenters. The number of benzene rings is 3. The predicted molar refractivity (Wildman–Crippen MR) is 87.0 cm³/mol. The van der Waals surface area contributed by atoms with E-state index in [0.717, 1.165) is 21.9 Å². The van der Waals surface area contributed by atoms with Crippen LogP contribution in [0.25, 0.3) is 21.9 Å². The second kappa shape index (κ2) is 5.06. The Morgan fingerprint density at radius 3 is 2.22 bits per heavy atom. The molecule has 0 bridgehead atoms. The summed E-state index contributed by atoms with van der Waals surface area (Å²) in [4.78, 5) is 0. The highest BCUT2D eigenvalue weighted by Gasteiger charge is 2.36. The Kier molecular flexibility index (Phi) is 3.13. The van der Waals surface area contributed by atoms with E-state index in [1.165, 1.54) is 0 Å². The highest BCUT2D eigenvalue weighted by molar-refractivity contribution is 5.95. The average molecular weight is 308 g/mol. The van der Waals surface area contributed by atoms with E-state index < -0.39 is 18.3 Å². The molecule has 4 nitrogen and oxygen atoms in total. The maximum Gasteiger partial charge on any atom is 0.115 e. The van der Waals surface area contributed by atoms with Crippen LogP contribution in [0.5, 0.6) is 5.75 Å². The molecule has 0 saturated carbocycles. The summed E-state index contributed by atoms with van der Waals surface area (Å²) in [5, 5.41) is 42.2. The summed E-state index contributed by atoms with van der Waals surface area (Å²) in [5.41, 5.74) is 2.85. The molecule has 0 aromatic heterocycles. The first-order valence-corrected chi connectivity index (χ1v) is 7.47. The van der Waals surface area contributed by atoms with Crippen molar-refractivity contribution in [3.63, 3.8) is 0 Å². The van der Waals surface area contributed by atoms with Crippen molar-refractivity contribution < 1.29 is 20.4 Å². The molecule has 23 heavy (non-hydrogen) atoms. The Balaban J connectivity index is 2.07. The quantitative estimate of drug-likeness (QED) is 0.557. The normalized spacial score (nSPS) is 23.2. The second-order valence-electron chi connectivity index (χ2n) is 5.90. The maximum absolute atomic E-state index is 10.5. The van der Waals surface area contributed by atoms with Crippen molar-refractivity contribution in [3.05, 3.63) is 65.7 Å². The van der Waals surface area contributed by atoms with E-state index in [-0.39, 0.29) is 5.75 Å². The fourth-order valence-corrected chi connectivity index (χ4v) is 3.41. The molecule has 4 heteroatoms. The molecule has 0 unspecified atom stereocenters. The van der Waals surface area contributed by atoms with Gasteiger partial charge in [0.2, 0.25) is 0 Å². The van der Waals surface area contributed by atoms with Gasteiger partial charge in [-0.1, -0.05) is 42.5 Å². The van der Waals surface area contributed by atoms with E-state index in [9.17, 15) is 20.4 Å². The van der Waals surface area contributed by atoms with Crippen molar-refractivity contribution in [1.29, 1.82) is 0 Å². The third-order valence-electron chi connectivity index (χ3n) is 4.56. The Labute approximate surface area is 132 Å².